The van der Waals surface area contributed by atoms with Gasteiger partial charge in [0.1, 0.15) is 29.6 Å². The average molecular weight is 381 g/mol. The van der Waals surface area contributed by atoms with E-state index in [-0.39, 0.29) is 17.4 Å². The number of nitriles is 1. The molecule has 7 nitrogen and oxygen atoms in total. The lowest BCUT2D eigenvalue weighted by molar-refractivity contribution is 0.868. The van der Waals surface area contributed by atoms with Crippen molar-refractivity contribution in [2.75, 3.05) is 11.1 Å². The van der Waals surface area contributed by atoms with Crippen molar-refractivity contribution in [1.29, 1.82) is 5.26 Å². The average Bonchev–Trinajstić information content (AvgIpc) is 2.73. The molecule has 0 saturated carbocycles. The highest BCUT2D eigenvalue weighted by molar-refractivity contribution is 5.84. The fourth-order valence-corrected chi connectivity index (χ4v) is 3.23. The molecule has 1 atom stereocenters. The van der Waals surface area contributed by atoms with Crippen molar-refractivity contribution in [2.24, 2.45) is 0 Å². The van der Waals surface area contributed by atoms with Crippen LogP contribution in [0.5, 0.6) is 0 Å². The van der Waals surface area contributed by atoms with Crippen molar-refractivity contribution < 1.29 is 0 Å². The van der Waals surface area contributed by atoms with E-state index in [2.05, 4.69) is 50.6 Å². The van der Waals surface area contributed by atoms with E-state index in [0.717, 1.165) is 33.4 Å². The first kappa shape index (κ1) is 18.3. The summed E-state index contributed by atoms with van der Waals surface area (Å²) in [5, 5.41) is 13.7. The van der Waals surface area contributed by atoms with Gasteiger partial charge in [-0.2, -0.15) is 5.26 Å². The summed E-state index contributed by atoms with van der Waals surface area (Å²) in [5.41, 5.74) is 10.6. The number of nitrogens with two attached hydrogens (primary N) is 1. The predicted octanol–water partition coefficient (Wildman–Crippen LogP) is 4.02. The van der Waals surface area contributed by atoms with Crippen LogP contribution < -0.4 is 11.1 Å². The minimum atomic E-state index is -0.202. The van der Waals surface area contributed by atoms with Crippen molar-refractivity contribution in [3.8, 4) is 17.5 Å². The van der Waals surface area contributed by atoms with Crippen LogP contribution in [0.15, 0.2) is 55.0 Å². The summed E-state index contributed by atoms with van der Waals surface area (Å²) in [6.45, 7) is 4.03. The Bertz CT molecular complexity index is 1230. The van der Waals surface area contributed by atoms with Gasteiger partial charge < -0.3 is 11.1 Å². The van der Waals surface area contributed by atoms with Crippen LogP contribution in [0, 0.1) is 18.3 Å². The molecule has 1 aromatic carbocycles. The summed E-state index contributed by atoms with van der Waals surface area (Å²) < 4.78 is 0. The Kier molecular flexibility index (Phi) is 4.75. The summed E-state index contributed by atoms with van der Waals surface area (Å²) in [6, 6.07) is 15.9. The molecule has 142 valence electrons. The molecule has 3 aromatic heterocycles. The Balaban J connectivity index is 1.85. The second kappa shape index (κ2) is 7.52. The van der Waals surface area contributed by atoms with E-state index in [1.165, 1.54) is 6.33 Å². The largest absolute Gasteiger partial charge is 0.382 e. The second-order valence-electron chi connectivity index (χ2n) is 6.80. The number of nitrogens with one attached hydrogen (secondary N) is 1. The number of hydrogen-bond acceptors (Lipinski definition) is 7. The lowest BCUT2D eigenvalue weighted by Gasteiger charge is -2.19. The van der Waals surface area contributed by atoms with Crippen LogP contribution >= 0.6 is 0 Å². The molecule has 0 spiro atoms. The van der Waals surface area contributed by atoms with E-state index >= 15 is 0 Å². The number of hydrogen-bond donors (Lipinski definition) is 2. The zero-order valence-electron chi connectivity index (χ0n) is 16.1. The fraction of sp³-hybridized carbons (Fsp3) is 0.136. The molecule has 0 bridgehead atoms. The van der Waals surface area contributed by atoms with Gasteiger partial charge in [-0.1, -0.05) is 18.2 Å². The maximum Gasteiger partial charge on any atom is 0.150 e. The van der Waals surface area contributed by atoms with Gasteiger partial charge in [-0.05, 0) is 43.7 Å². The molecular weight excluding hydrogens is 362 g/mol. The molecule has 4 aromatic rings. The maximum atomic E-state index is 9.41. The number of nitrogen functional groups attached to an aromatic ring is 1. The molecule has 0 fully saturated rings. The van der Waals surface area contributed by atoms with E-state index in [0.29, 0.717) is 5.82 Å². The van der Waals surface area contributed by atoms with E-state index in [4.69, 9.17) is 10.7 Å². The molecule has 3 N–H and O–H groups in total. The number of nitrogens with zero attached hydrogens (tertiary/aromatic N) is 5. The van der Waals surface area contributed by atoms with E-state index in [1.807, 2.05) is 32.0 Å². The zero-order valence-corrected chi connectivity index (χ0v) is 16.1. The van der Waals surface area contributed by atoms with Crippen molar-refractivity contribution >= 4 is 22.5 Å². The second-order valence-corrected chi connectivity index (χ2v) is 6.80. The third-order valence-corrected chi connectivity index (χ3v) is 4.72. The first-order valence-electron chi connectivity index (χ1n) is 9.16. The molecule has 0 amide bonds. The normalized spacial score (nSPS) is 11.8. The maximum absolute atomic E-state index is 9.41. The molecule has 0 unspecified atom stereocenters. The lowest BCUT2D eigenvalue weighted by Crippen LogP contribution is -2.13. The van der Waals surface area contributed by atoms with Gasteiger partial charge in [-0.3, -0.25) is 4.98 Å². The third-order valence-electron chi connectivity index (χ3n) is 4.72. The minimum Gasteiger partial charge on any atom is -0.382 e. The lowest BCUT2D eigenvalue weighted by atomic mass is 10.00. The van der Waals surface area contributed by atoms with Crippen LogP contribution in [0.1, 0.15) is 29.7 Å². The van der Waals surface area contributed by atoms with Gasteiger partial charge in [0, 0.05) is 17.1 Å². The van der Waals surface area contributed by atoms with Crippen LogP contribution in [-0.2, 0) is 0 Å². The number of anilines is 2. The molecule has 0 saturated heterocycles. The first-order valence-corrected chi connectivity index (χ1v) is 9.16. The minimum absolute atomic E-state index is 0.147. The van der Waals surface area contributed by atoms with Crippen LogP contribution in [-0.4, -0.2) is 19.9 Å². The molecule has 29 heavy (non-hydrogen) atoms. The van der Waals surface area contributed by atoms with Crippen LogP contribution in [0.2, 0.25) is 0 Å². The molecule has 0 aliphatic heterocycles. The monoisotopic (exact) mass is 381 g/mol. The fourth-order valence-electron chi connectivity index (χ4n) is 3.23. The van der Waals surface area contributed by atoms with Gasteiger partial charge in [0.15, 0.2) is 0 Å². The van der Waals surface area contributed by atoms with E-state index in [9.17, 15) is 5.26 Å². The summed E-state index contributed by atoms with van der Waals surface area (Å²) in [7, 11) is 0. The van der Waals surface area contributed by atoms with Crippen molar-refractivity contribution in [3.05, 3.63) is 71.7 Å². The quantitative estimate of drug-likeness (QED) is 0.549. The number of fused-ring (bicyclic) bond motifs is 1. The van der Waals surface area contributed by atoms with Crippen molar-refractivity contribution in [1.82, 2.24) is 19.9 Å². The Morgan fingerprint density at radius 3 is 2.72 bits per heavy atom. The topological polar surface area (TPSA) is 113 Å². The Morgan fingerprint density at radius 2 is 1.97 bits per heavy atom. The highest BCUT2D eigenvalue weighted by Crippen LogP contribution is 2.31. The highest BCUT2D eigenvalue weighted by atomic mass is 15.1. The van der Waals surface area contributed by atoms with Crippen LogP contribution in [0.3, 0.4) is 0 Å². The third kappa shape index (κ3) is 3.56. The Labute approximate surface area is 168 Å². The smallest absolute Gasteiger partial charge is 0.150 e. The standard InChI is InChI=1S/C22H19N7/c1-13-6-7-15-10-16(14(2)28-22-17(11-23)21(24)26-12-27-22)20(29-19(15)9-13)18-5-3-4-8-25-18/h3-10,12,14H,1-2H3,(H3,24,26,27,28)/t14-/m0/s1. The Hall–Kier alpha value is -4.05. The molecule has 7 heteroatoms. The Morgan fingerprint density at radius 1 is 1.10 bits per heavy atom. The number of aryl methyl sites for hydroxylation is 1. The number of benzene rings is 1. The molecule has 3 heterocycles. The summed E-state index contributed by atoms with van der Waals surface area (Å²) >= 11 is 0. The number of rotatable bonds is 4. The predicted molar refractivity (Wildman–Crippen MR) is 113 cm³/mol. The van der Waals surface area contributed by atoms with Gasteiger partial charge in [0.2, 0.25) is 0 Å². The summed E-state index contributed by atoms with van der Waals surface area (Å²) in [5.74, 6) is 0.540. The molecule has 4 rings (SSSR count). The van der Waals surface area contributed by atoms with Crippen LogP contribution in [0.4, 0.5) is 11.6 Å². The van der Waals surface area contributed by atoms with Crippen molar-refractivity contribution in [2.45, 2.75) is 19.9 Å². The van der Waals surface area contributed by atoms with Gasteiger partial charge >= 0.3 is 0 Å². The van der Waals surface area contributed by atoms with Gasteiger partial charge in [0.25, 0.3) is 0 Å². The summed E-state index contributed by atoms with van der Waals surface area (Å²) in [6.07, 6.45) is 3.09. The van der Waals surface area contributed by atoms with Crippen molar-refractivity contribution in [3.63, 3.8) is 0 Å². The molecule has 0 radical (unpaired) electrons. The number of aromatic nitrogens is 4. The van der Waals surface area contributed by atoms with E-state index < -0.39 is 0 Å². The molecule has 0 aliphatic rings. The van der Waals surface area contributed by atoms with Gasteiger partial charge in [-0.15, -0.1) is 0 Å². The van der Waals surface area contributed by atoms with Gasteiger partial charge in [-0.25, -0.2) is 15.0 Å². The van der Waals surface area contributed by atoms with Crippen LogP contribution in [0.25, 0.3) is 22.3 Å². The van der Waals surface area contributed by atoms with E-state index in [1.54, 1.807) is 6.20 Å². The zero-order chi connectivity index (χ0) is 20.4. The molecule has 0 aliphatic carbocycles. The highest BCUT2D eigenvalue weighted by Gasteiger charge is 2.18. The molecular formula is C22H19N7. The number of pyridine rings is 2. The SMILES string of the molecule is Cc1ccc2cc([C@H](C)Nc3ncnc(N)c3C#N)c(-c3ccccn3)nc2c1. The first-order chi connectivity index (χ1) is 14.1. The summed E-state index contributed by atoms with van der Waals surface area (Å²) in [4.78, 5) is 17.5. The van der Waals surface area contributed by atoms with Gasteiger partial charge in [0.05, 0.1) is 22.9 Å².